The van der Waals surface area contributed by atoms with E-state index >= 15 is 0 Å². The first-order valence-electron chi connectivity index (χ1n) is 5.72. The molecule has 0 unspecified atom stereocenters. The van der Waals surface area contributed by atoms with E-state index in [1.54, 1.807) is 0 Å². The quantitative estimate of drug-likeness (QED) is 0.792. The molecule has 0 aliphatic heterocycles. The highest BCUT2D eigenvalue weighted by atomic mass is 32.1. The van der Waals surface area contributed by atoms with Gasteiger partial charge in [-0.25, -0.2) is 4.98 Å². The first-order valence-corrected chi connectivity index (χ1v) is 6.13. The average molecular weight is 222 g/mol. The first kappa shape index (κ1) is 10.8. The van der Waals surface area contributed by atoms with Crippen LogP contribution in [0.15, 0.2) is 6.07 Å². The van der Waals surface area contributed by atoms with Crippen molar-refractivity contribution in [1.29, 1.82) is 0 Å². The van der Waals surface area contributed by atoms with E-state index in [-0.39, 0.29) is 0 Å². The highest BCUT2D eigenvalue weighted by molar-refractivity contribution is 7.71. The van der Waals surface area contributed by atoms with Crippen molar-refractivity contribution in [3.8, 4) is 0 Å². The molecule has 0 amide bonds. The molecule has 1 fully saturated rings. The Morgan fingerprint density at radius 1 is 1.53 bits per heavy atom. The van der Waals surface area contributed by atoms with Crippen LogP contribution in [0.3, 0.4) is 0 Å². The topological polar surface area (TPSA) is 28.7 Å². The molecule has 1 aromatic rings. The Labute approximate surface area is 96.1 Å². The summed E-state index contributed by atoms with van der Waals surface area (Å²) < 4.78 is 0.736. The van der Waals surface area contributed by atoms with Gasteiger partial charge in [0, 0.05) is 12.1 Å². The lowest BCUT2D eigenvalue weighted by Crippen LogP contribution is -2.03. The summed E-state index contributed by atoms with van der Waals surface area (Å²) in [5, 5.41) is 0. The minimum Gasteiger partial charge on any atom is -0.347 e. The van der Waals surface area contributed by atoms with Crippen molar-refractivity contribution in [2.45, 2.75) is 39.5 Å². The molecule has 3 heteroatoms. The molecular formula is C12H18N2S. The van der Waals surface area contributed by atoms with Gasteiger partial charge in [0.05, 0.1) is 0 Å². The highest BCUT2D eigenvalue weighted by Gasteiger charge is 2.22. The molecule has 0 spiro atoms. The van der Waals surface area contributed by atoms with Crippen molar-refractivity contribution in [3.63, 3.8) is 0 Å². The second kappa shape index (κ2) is 4.44. The number of aromatic amines is 1. The van der Waals surface area contributed by atoms with Crippen LogP contribution in [0.5, 0.6) is 0 Å². The second-order valence-corrected chi connectivity index (χ2v) is 5.36. The number of rotatable bonds is 4. The Bertz CT molecular complexity index is 366. The minimum atomic E-state index is 0.659. The molecule has 1 aliphatic carbocycles. The SMILES string of the molecule is CC(C)Cc1cc(=S)nc(CC2CC2)[nH]1. The molecule has 1 heterocycles. The van der Waals surface area contributed by atoms with Gasteiger partial charge < -0.3 is 4.98 Å². The Morgan fingerprint density at radius 3 is 2.87 bits per heavy atom. The van der Waals surface area contributed by atoms with Gasteiger partial charge in [-0.05, 0) is 37.2 Å². The van der Waals surface area contributed by atoms with Crippen LogP contribution in [0.25, 0.3) is 0 Å². The van der Waals surface area contributed by atoms with Crippen LogP contribution in [0.2, 0.25) is 0 Å². The molecule has 0 atom stereocenters. The summed E-state index contributed by atoms with van der Waals surface area (Å²) in [6.45, 7) is 4.44. The number of H-pyrrole nitrogens is 1. The van der Waals surface area contributed by atoms with Crippen LogP contribution in [-0.4, -0.2) is 9.97 Å². The lowest BCUT2D eigenvalue weighted by molar-refractivity contribution is 0.626. The maximum atomic E-state index is 5.18. The molecule has 15 heavy (non-hydrogen) atoms. The fourth-order valence-corrected chi connectivity index (χ4v) is 2.06. The Balaban J connectivity index is 2.15. The standard InChI is InChI=1S/C12H18N2S/c1-8(2)5-10-7-12(15)14-11(13-10)6-9-3-4-9/h7-9H,3-6H2,1-2H3,(H,13,14,15). The second-order valence-electron chi connectivity index (χ2n) is 4.94. The molecule has 82 valence electrons. The zero-order valence-corrected chi connectivity index (χ0v) is 10.2. The number of aromatic nitrogens is 2. The number of hydrogen-bond acceptors (Lipinski definition) is 2. The lowest BCUT2D eigenvalue weighted by atomic mass is 10.1. The van der Waals surface area contributed by atoms with Gasteiger partial charge in [0.25, 0.3) is 0 Å². The van der Waals surface area contributed by atoms with Gasteiger partial charge in [-0.3, -0.25) is 0 Å². The van der Waals surface area contributed by atoms with E-state index in [9.17, 15) is 0 Å². The van der Waals surface area contributed by atoms with Gasteiger partial charge in [0.1, 0.15) is 10.5 Å². The van der Waals surface area contributed by atoms with Crippen LogP contribution in [0.1, 0.15) is 38.2 Å². The predicted octanol–water partition coefficient (Wildman–Crippen LogP) is 3.29. The van der Waals surface area contributed by atoms with E-state index in [1.807, 2.05) is 6.07 Å². The summed E-state index contributed by atoms with van der Waals surface area (Å²) >= 11 is 5.18. The van der Waals surface area contributed by atoms with E-state index in [4.69, 9.17) is 12.2 Å². The molecule has 1 saturated carbocycles. The molecule has 0 saturated heterocycles. The fourth-order valence-electron chi connectivity index (χ4n) is 1.81. The zero-order valence-electron chi connectivity index (χ0n) is 9.42. The van der Waals surface area contributed by atoms with Crippen molar-refractivity contribution in [2.24, 2.45) is 11.8 Å². The maximum Gasteiger partial charge on any atom is 0.129 e. The summed E-state index contributed by atoms with van der Waals surface area (Å²) in [6, 6.07) is 1.99. The van der Waals surface area contributed by atoms with Crippen LogP contribution in [0, 0.1) is 16.5 Å². The summed E-state index contributed by atoms with van der Waals surface area (Å²) in [7, 11) is 0. The molecule has 1 aliphatic rings. The van der Waals surface area contributed by atoms with Crippen LogP contribution in [0.4, 0.5) is 0 Å². The van der Waals surface area contributed by atoms with Crippen LogP contribution in [-0.2, 0) is 12.8 Å². The molecule has 0 bridgehead atoms. The van der Waals surface area contributed by atoms with Gasteiger partial charge in [-0.2, -0.15) is 0 Å². The Hall–Kier alpha value is -0.700. The summed E-state index contributed by atoms with van der Waals surface area (Å²) in [6.07, 6.45) is 4.85. The predicted molar refractivity (Wildman–Crippen MR) is 64.4 cm³/mol. The summed E-state index contributed by atoms with van der Waals surface area (Å²) in [4.78, 5) is 7.79. The van der Waals surface area contributed by atoms with Gasteiger partial charge in [0.15, 0.2) is 0 Å². The molecular weight excluding hydrogens is 204 g/mol. The monoisotopic (exact) mass is 222 g/mol. The van der Waals surface area contributed by atoms with Gasteiger partial charge >= 0.3 is 0 Å². The minimum absolute atomic E-state index is 0.659. The first-order chi connectivity index (χ1) is 7.13. The Kier molecular flexibility index (Phi) is 3.19. The molecule has 0 radical (unpaired) electrons. The number of nitrogens with zero attached hydrogens (tertiary/aromatic N) is 1. The molecule has 1 N–H and O–H groups in total. The number of hydrogen-bond donors (Lipinski definition) is 1. The van der Waals surface area contributed by atoms with E-state index < -0.39 is 0 Å². The maximum absolute atomic E-state index is 5.18. The normalized spacial score (nSPS) is 15.9. The third-order valence-corrected chi connectivity index (χ3v) is 2.86. The van der Waals surface area contributed by atoms with Crippen molar-refractivity contribution in [1.82, 2.24) is 9.97 Å². The van der Waals surface area contributed by atoms with Crippen molar-refractivity contribution >= 4 is 12.2 Å². The van der Waals surface area contributed by atoms with Crippen LogP contribution >= 0.6 is 12.2 Å². The highest BCUT2D eigenvalue weighted by Crippen LogP contribution is 2.31. The smallest absolute Gasteiger partial charge is 0.129 e. The van der Waals surface area contributed by atoms with Crippen LogP contribution < -0.4 is 0 Å². The summed E-state index contributed by atoms with van der Waals surface area (Å²) in [5.41, 5.74) is 1.24. The molecule has 2 rings (SSSR count). The average Bonchev–Trinajstić information content (AvgIpc) is 2.85. The third kappa shape index (κ3) is 3.42. The molecule has 0 aromatic carbocycles. The molecule has 2 nitrogen and oxygen atoms in total. The lowest BCUT2D eigenvalue weighted by Gasteiger charge is -2.07. The van der Waals surface area contributed by atoms with Gasteiger partial charge in [-0.15, -0.1) is 0 Å². The molecule has 1 aromatic heterocycles. The van der Waals surface area contributed by atoms with Crippen molar-refractivity contribution in [2.75, 3.05) is 0 Å². The van der Waals surface area contributed by atoms with E-state index in [1.165, 1.54) is 18.5 Å². The van der Waals surface area contributed by atoms with Gasteiger partial charge in [0.2, 0.25) is 0 Å². The van der Waals surface area contributed by atoms with E-state index in [0.717, 1.165) is 29.2 Å². The van der Waals surface area contributed by atoms with Crippen molar-refractivity contribution in [3.05, 3.63) is 22.2 Å². The fraction of sp³-hybridized carbons (Fsp3) is 0.667. The van der Waals surface area contributed by atoms with Gasteiger partial charge in [-0.1, -0.05) is 26.1 Å². The van der Waals surface area contributed by atoms with E-state index in [2.05, 4.69) is 23.8 Å². The number of nitrogens with one attached hydrogen (secondary N) is 1. The van der Waals surface area contributed by atoms with E-state index in [0.29, 0.717) is 5.92 Å². The third-order valence-electron chi connectivity index (χ3n) is 2.65. The van der Waals surface area contributed by atoms with Crippen molar-refractivity contribution < 1.29 is 0 Å². The zero-order chi connectivity index (χ0) is 10.8. The largest absolute Gasteiger partial charge is 0.347 e. The summed E-state index contributed by atoms with van der Waals surface area (Å²) in [5.74, 6) is 2.60. The Morgan fingerprint density at radius 2 is 2.27 bits per heavy atom.